The highest BCUT2D eigenvalue weighted by Crippen LogP contribution is 2.08. The van der Waals surface area contributed by atoms with Crippen LogP contribution in [0.4, 0.5) is 0 Å². The lowest BCUT2D eigenvalue weighted by atomic mass is 10.1. The molecule has 0 aliphatic heterocycles. The molecule has 0 saturated heterocycles. The molecule has 12 heavy (non-hydrogen) atoms. The highest BCUT2D eigenvalue weighted by molar-refractivity contribution is 5.25. The van der Waals surface area contributed by atoms with Crippen molar-refractivity contribution in [3.05, 3.63) is 42.3 Å². The molecule has 0 bridgehead atoms. The lowest BCUT2D eigenvalue weighted by molar-refractivity contribution is 0.717. The van der Waals surface area contributed by atoms with E-state index in [2.05, 4.69) is 19.1 Å². The highest BCUT2D eigenvalue weighted by Gasteiger charge is 1.92. The number of hydrogen-bond donors (Lipinski definition) is 0. The number of benzene rings is 1. The van der Waals surface area contributed by atoms with Gasteiger partial charge < -0.3 is 0 Å². The minimum atomic E-state index is 0.879. The van der Waals surface area contributed by atoms with E-state index in [9.17, 15) is 0 Å². The molecule has 0 heterocycles. The first-order valence-corrected chi connectivity index (χ1v) is 4.67. The van der Waals surface area contributed by atoms with Gasteiger partial charge in [-0.25, -0.2) is 0 Å². The summed E-state index contributed by atoms with van der Waals surface area (Å²) >= 11 is 0. The van der Waals surface area contributed by atoms with E-state index in [1.807, 2.05) is 12.1 Å². The molecule has 0 N–H and O–H groups in total. The van der Waals surface area contributed by atoms with Crippen LogP contribution in [0, 0.1) is 6.92 Å². The molecule has 0 nitrogen and oxygen atoms in total. The van der Waals surface area contributed by atoms with Crippen LogP contribution in [-0.2, 0) is 6.42 Å². The van der Waals surface area contributed by atoms with Gasteiger partial charge in [-0.05, 0) is 30.9 Å². The minimum absolute atomic E-state index is 0.879. The van der Waals surface area contributed by atoms with Gasteiger partial charge in [-0.15, -0.1) is 0 Å². The maximum atomic E-state index is 5.66. The van der Waals surface area contributed by atoms with Crippen molar-refractivity contribution >= 4 is 0 Å². The molecule has 0 aliphatic carbocycles. The van der Waals surface area contributed by atoms with Gasteiger partial charge in [0.05, 0.1) is 0 Å². The van der Waals surface area contributed by atoms with Crippen molar-refractivity contribution in [2.45, 2.75) is 32.6 Å². The Morgan fingerprint density at radius 3 is 2.75 bits per heavy atom. The van der Waals surface area contributed by atoms with Crippen LogP contribution in [0.1, 0.15) is 37.3 Å². The summed E-state index contributed by atoms with van der Waals surface area (Å²) in [6.45, 7) is 7.88. The predicted octanol–water partition coefficient (Wildman–Crippen LogP) is 3.48. The molecule has 0 heteroatoms. The molecule has 0 unspecified atom stereocenters. The van der Waals surface area contributed by atoms with Gasteiger partial charge in [0.15, 0.2) is 0 Å². The van der Waals surface area contributed by atoms with E-state index in [0.717, 1.165) is 5.56 Å². The SMILES string of the molecule is [CH]c1cccc(CCCCC)c1. The molecule has 64 valence electrons. The van der Waals surface area contributed by atoms with Crippen LogP contribution in [0.25, 0.3) is 0 Å². The Labute approximate surface area is 75.6 Å². The largest absolute Gasteiger partial charge is 0.0654 e. The predicted molar refractivity (Wildman–Crippen MR) is 53.1 cm³/mol. The lowest BCUT2D eigenvalue weighted by Gasteiger charge is -2.00. The Morgan fingerprint density at radius 2 is 2.08 bits per heavy atom. The summed E-state index contributed by atoms with van der Waals surface area (Å²) in [6, 6.07) is 8.17. The van der Waals surface area contributed by atoms with Crippen LogP contribution in [0.3, 0.4) is 0 Å². The van der Waals surface area contributed by atoms with Crippen molar-refractivity contribution in [2.24, 2.45) is 0 Å². The molecular weight excluding hydrogens is 144 g/mol. The zero-order valence-corrected chi connectivity index (χ0v) is 7.72. The van der Waals surface area contributed by atoms with Gasteiger partial charge in [-0.1, -0.05) is 44.0 Å². The van der Waals surface area contributed by atoms with Gasteiger partial charge in [-0.3, -0.25) is 0 Å². The van der Waals surface area contributed by atoms with E-state index in [0.29, 0.717) is 0 Å². The normalized spacial score (nSPS) is 10.2. The molecule has 0 fully saturated rings. The second-order valence-corrected chi connectivity index (χ2v) is 3.20. The lowest BCUT2D eigenvalue weighted by Crippen LogP contribution is -1.85. The van der Waals surface area contributed by atoms with Crippen LogP contribution in [0.2, 0.25) is 0 Å². The molecule has 2 radical (unpaired) electrons. The summed E-state index contributed by atoms with van der Waals surface area (Å²) < 4.78 is 0. The van der Waals surface area contributed by atoms with Crippen molar-refractivity contribution in [1.29, 1.82) is 0 Å². The number of hydrogen-bond acceptors (Lipinski definition) is 0. The third-order valence-corrected chi connectivity index (χ3v) is 2.02. The van der Waals surface area contributed by atoms with E-state index in [4.69, 9.17) is 6.92 Å². The summed E-state index contributed by atoms with van der Waals surface area (Å²) in [4.78, 5) is 0. The number of unbranched alkanes of at least 4 members (excludes halogenated alkanes) is 2. The van der Waals surface area contributed by atoms with Gasteiger partial charge in [-0.2, -0.15) is 0 Å². The van der Waals surface area contributed by atoms with E-state index in [-0.39, 0.29) is 0 Å². The number of rotatable bonds is 4. The van der Waals surface area contributed by atoms with Crippen LogP contribution in [0.15, 0.2) is 24.3 Å². The van der Waals surface area contributed by atoms with Crippen molar-refractivity contribution < 1.29 is 0 Å². The first-order valence-electron chi connectivity index (χ1n) is 4.67. The summed E-state index contributed by atoms with van der Waals surface area (Å²) in [5.41, 5.74) is 2.24. The quantitative estimate of drug-likeness (QED) is 0.591. The summed E-state index contributed by atoms with van der Waals surface area (Å²) in [5, 5.41) is 0. The molecule has 0 saturated carbocycles. The average Bonchev–Trinajstić information content (AvgIpc) is 2.05. The molecule has 0 aliphatic rings. The fraction of sp³-hybridized carbons (Fsp3) is 0.417. The Morgan fingerprint density at radius 1 is 1.25 bits per heavy atom. The Bertz CT molecular complexity index is 225. The van der Waals surface area contributed by atoms with Crippen LogP contribution >= 0.6 is 0 Å². The zero-order chi connectivity index (χ0) is 8.81. The van der Waals surface area contributed by atoms with E-state index in [1.165, 1.54) is 31.2 Å². The van der Waals surface area contributed by atoms with Crippen molar-refractivity contribution in [2.75, 3.05) is 0 Å². The summed E-state index contributed by atoms with van der Waals surface area (Å²) in [6.07, 6.45) is 5.04. The summed E-state index contributed by atoms with van der Waals surface area (Å²) in [5.74, 6) is 0. The minimum Gasteiger partial charge on any atom is -0.0654 e. The fourth-order valence-corrected chi connectivity index (χ4v) is 1.33. The molecule has 0 atom stereocenters. The van der Waals surface area contributed by atoms with Gasteiger partial charge in [0.25, 0.3) is 0 Å². The Balaban J connectivity index is 2.41. The van der Waals surface area contributed by atoms with Gasteiger partial charge in [0.2, 0.25) is 0 Å². The second kappa shape index (κ2) is 4.97. The Hall–Kier alpha value is -0.780. The van der Waals surface area contributed by atoms with Crippen molar-refractivity contribution in [3.8, 4) is 0 Å². The van der Waals surface area contributed by atoms with E-state index < -0.39 is 0 Å². The molecule has 1 aromatic carbocycles. The fourth-order valence-electron chi connectivity index (χ4n) is 1.33. The van der Waals surface area contributed by atoms with Crippen molar-refractivity contribution in [1.82, 2.24) is 0 Å². The molecule has 0 amide bonds. The molecule has 1 rings (SSSR count). The smallest absolute Gasteiger partial charge is 0.00119 e. The third-order valence-electron chi connectivity index (χ3n) is 2.02. The second-order valence-electron chi connectivity index (χ2n) is 3.20. The van der Waals surface area contributed by atoms with E-state index in [1.54, 1.807) is 0 Å². The first-order chi connectivity index (χ1) is 5.83. The van der Waals surface area contributed by atoms with Crippen LogP contribution in [0.5, 0.6) is 0 Å². The maximum Gasteiger partial charge on any atom is -0.00119 e. The van der Waals surface area contributed by atoms with Gasteiger partial charge in [0.1, 0.15) is 0 Å². The number of aryl methyl sites for hydroxylation is 1. The average molecular weight is 160 g/mol. The van der Waals surface area contributed by atoms with Crippen LogP contribution in [-0.4, -0.2) is 0 Å². The van der Waals surface area contributed by atoms with Crippen molar-refractivity contribution in [3.63, 3.8) is 0 Å². The zero-order valence-electron chi connectivity index (χ0n) is 7.72. The first kappa shape index (κ1) is 9.31. The molecule has 0 spiro atoms. The third kappa shape index (κ3) is 3.08. The van der Waals surface area contributed by atoms with E-state index >= 15 is 0 Å². The Kier molecular flexibility index (Phi) is 3.86. The molecule has 1 aromatic rings. The molecule has 0 aromatic heterocycles. The molecular formula is C12H16. The van der Waals surface area contributed by atoms with Crippen LogP contribution < -0.4 is 0 Å². The van der Waals surface area contributed by atoms with Gasteiger partial charge in [0, 0.05) is 0 Å². The standard InChI is InChI=1S/C12H16/c1-3-4-5-8-12-9-6-7-11(2)10-12/h2,6-7,9-10H,3-5,8H2,1H3. The maximum absolute atomic E-state index is 5.66. The highest BCUT2D eigenvalue weighted by atomic mass is 14.0. The topological polar surface area (TPSA) is 0 Å². The van der Waals surface area contributed by atoms with Gasteiger partial charge >= 0.3 is 0 Å². The summed E-state index contributed by atoms with van der Waals surface area (Å²) in [7, 11) is 0. The monoisotopic (exact) mass is 160 g/mol.